The molecule has 1 saturated heterocycles. The van der Waals surface area contributed by atoms with Crippen LogP contribution in [0, 0.1) is 11.8 Å². The van der Waals surface area contributed by atoms with Gasteiger partial charge in [0.15, 0.2) is 5.16 Å². The molecular formula is C21H29N3O3S. The van der Waals surface area contributed by atoms with E-state index in [1.165, 1.54) is 11.8 Å². The smallest absolute Gasteiger partial charge is 0.262 e. The van der Waals surface area contributed by atoms with Crippen molar-refractivity contribution in [2.24, 2.45) is 11.8 Å². The summed E-state index contributed by atoms with van der Waals surface area (Å²) in [5, 5.41) is 1.15. The van der Waals surface area contributed by atoms with E-state index in [2.05, 4.69) is 18.8 Å². The van der Waals surface area contributed by atoms with Crippen molar-refractivity contribution < 1.29 is 9.53 Å². The van der Waals surface area contributed by atoms with Crippen LogP contribution in [0.1, 0.15) is 33.2 Å². The number of thioether (sulfide) groups is 1. The summed E-state index contributed by atoms with van der Waals surface area (Å²) in [4.78, 5) is 32.5. The van der Waals surface area contributed by atoms with Gasteiger partial charge < -0.3 is 9.64 Å². The van der Waals surface area contributed by atoms with Crippen molar-refractivity contribution in [2.45, 2.75) is 38.4 Å². The number of likely N-dealkylation sites (tertiary alicyclic amines) is 1. The lowest BCUT2D eigenvalue weighted by Gasteiger charge is -2.35. The van der Waals surface area contributed by atoms with Gasteiger partial charge in [-0.2, -0.15) is 0 Å². The Morgan fingerprint density at radius 3 is 2.64 bits per heavy atom. The molecule has 3 rings (SSSR count). The minimum absolute atomic E-state index is 0.0923. The zero-order chi connectivity index (χ0) is 20.3. The van der Waals surface area contributed by atoms with Crippen molar-refractivity contribution in [3.05, 3.63) is 34.6 Å². The number of methoxy groups -OCH3 is 1. The van der Waals surface area contributed by atoms with E-state index in [0.717, 1.165) is 19.5 Å². The van der Waals surface area contributed by atoms with Gasteiger partial charge in [0, 0.05) is 20.2 Å². The molecule has 2 aromatic rings. The number of rotatable bonds is 6. The van der Waals surface area contributed by atoms with E-state index in [1.807, 2.05) is 30.0 Å². The van der Waals surface area contributed by atoms with Gasteiger partial charge in [0.05, 0.1) is 29.3 Å². The first-order valence-corrected chi connectivity index (χ1v) is 10.8. The van der Waals surface area contributed by atoms with Gasteiger partial charge in [0.2, 0.25) is 5.91 Å². The highest BCUT2D eigenvalue weighted by molar-refractivity contribution is 7.99. The first-order valence-electron chi connectivity index (χ1n) is 9.81. The highest BCUT2D eigenvalue weighted by Crippen LogP contribution is 2.24. The fraction of sp³-hybridized carbons (Fsp3) is 0.571. The second-order valence-corrected chi connectivity index (χ2v) is 8.87. The van der Waals surface area contributed by atoms with Crippen molar-refractivity contribution in [1.29, 1.82) is 0 Å². The summed E-state index contributed by atoms with van der Waals surface area (Å²) in [5.41, 5.74) is 0.564. The molecule has 0 bridgehead atoms. The molecule has 3 atom stereocenters. The predicted octanol–water partition coefficient (Wildman–Crippen LogP) is 3.20. The topological polar surface area (TPSA) is 64.4 Å². The molecule has 1 aliphatic heterocycles. The first kappa shape index (κ1) is 20.9. The van der Waals surface area contributed by atoms with Crippen LogP contribution in [0.3, 0.4) is 0 Å². The number of aromatic nitrogens is 2. The molecule has 3 unspecified atom stereocenters. The van der Waals surface area contributed by atoms with Crippen LogP contribution in [-0.2, 0) is 9.53 Å². The fourth-order valence-electron chi connectivity index (χ4n) is 4.02. The lowest BCUT2D eigenvalue weighted by molar-refractivity contribution is -0.130. The van der Waals surface area contributed by atoms with Gasteiger partial charge >= 0.3 is 0 Å². The Kier molecular flexibility index (Phi) is 6.78. The summed E-state index contributed by atoms with van der Waals surface area (Å²) in [6.07, 6.45) is 1.16. The summed E-state index contributed by atoms with van der Waals surface area (Å²) in [6, 6.07) is 7.17. The second-order valence-electron chi connectivity index (χ2n) is 7.92. The number of hydrogen-bond donors (Lipinski definition) is 0. The minimum atomic E-state index is -0.165. The summed E-state index contributed by atoms with van der Waals surface area (Å²) < 4.78 is 6.91. The van der Waals surface area contributed by atoms with Gasteiger partial charge in [-0.15, -0.1) is 0 Å². The van der Waals surface area contributed by atoms with E-state index in [-0.39, 0.29) is 23.3 Å². The van der Waals surface area contributed by atoms with Crippen molar-refractivity contribution in [2.75, 3.05) is 32.6 Å². The molecule has 6 nitrogen and oxygen atoms in total. The number of amides is 1. The molecule has 0 N–H and O–H groups in total. The summed E-state index contributed by atoms with van der Waals surface area (Å²) >= 11 is 1.34. The first-order chi connectivity index (χ1) is 13.4. The standard InChI is InChI=1S/C21H29N3O3S/c1-14-9-15(2)11-23(10-14)19(25)13-28-21-22-18-8-6-5-7-17(18)20(26)24(21)16(3)12-27-4/h5-8,14-16H,9-13H2,1-4H3. The van der Waals surface area contributed by atoms with Crippen molar-refractivity contribution in [3.63, 3.8) is 0 Å². The highest BCUT2D eigenvalue weighted by atomic mass is 32.2. The molecule has 0 aliphatic carbocycles. The number of benzene rings is 1. The van der Waals surface area contributed by atoms with E-state index in [0.29, 0.717) is 34.5 Å². The molecule has 1 amide bonds. The third-order valence-corrected chi connectivity index (χ3v) is 6.11. The Bertz CT molecular complexity index is 888. The van der Waals surface area contributed by atoms with E-state index in [9.17, 15) is 9.59 Å². The Morgan fingerprint density at radius 1 is 1.29 bits per heavy atom. The number of nitrogens with zero attached hydrogens (tertiary/aromatic N) is 3. The molecule has 152 valence electrons. The fourth-order valence-corrected chi connectivity index (χ4v) is 5.02. The number of piperidine rings is 1. The zero-order valence-electron chi connectivity index (χ0n) is 17.1. The number of carbonyl (C=O) groups is 1. The summed E-state index contributed by atoms with van der Waals surface area (Å²) in [5.74, 6) is 1.44. The van der Waals surface area contributed by atoms with E-state index >= 15 is 0 Å². The minimum Gasteiger partial charge on any atom is -0.383 e. The molecule has 0 radical (unpaired) electrons. The van der Waals surface area contributed by atoms with Crippen LogP contribution in [0.15, 0.2) is 34.2 Å². The average Bonchev–Trinajstić information content (AvgIpc) is 2.65. The van der Waals surface area contributed by atoms with Gasteiger partial charge in [-0.05, 0) is 37.3 Å². The van der Waals surface area contributed by atoms with Crippen molar-refractivity contribution in [1.82, 2.24) is 14.5 Å². The van der Waals surface area contributed by atoms with Crippen LogP contribution in [0.4, 0.5) is 0 Å². The Balaban J connectivity index is 1.86. The van der Waals surface area contributed by atoms with Gasteiger partial charge in [-0.3, -0.25) is 14.2 Å². The molecule has 2 heterocycles. The molecule has 0 saturated carbocycles. The number of ether oxygens (including phenoxy) is 1. The zero-order valence-corrected chi connectivity index (χ0v) is 17.9. The maximum absolute atomic E-state index is 13.1. The molecule has 7 heteroatoms. The average molecular weight is 404 g/mol. The normalized spacial score (nSPS) is 21.1. The molecule has 1 aliphatic rings. The van der Waals surface area contributed by atoms with Crippen LogP contribution in [0.5, 0.6) is 0 Å². The Morgan fingerprint density at radius 2 is 1.96 bits per heavy atom. The SMILES string of the molecule is COCC(C)n1c(SCC(=O)N2CC(C)CC(C)C2)nc2ccccc2c1=O. The Labute approximate surface area is 170 Å². The van der Waals surface area contributed by atoms with Crippen LogP contribution >= 0.6 is 11.8 Å². The Hall–Kier alpha value is -1.86. The second kappa shape index (κ2) is 9.09. The predicted molar refractivity (Wildman–Crippen MR) is 113 cm³/mol. The van der Waals surface area contributed by atoms with E-state index < -0.39 is 0 Å². The molecule has 1 fully saturated rings. The van der Waals surface area contributed by atoms with Crippen molar-refractivity contribution in [3.8, 4) is 0 Å². The van der Waals surface area contributed by atoms with Gasteiger partial charge in [-0.1, -0.05) is 37.7 Å². The third-order valence-electron chi connectivity index (χ3n) is 5.17. The maximum Gasteiger partial charge on any atom is 0.262 e. The molecular weight excluding hydrogens is 374 g/mol. The largest absolute Gasteiger partial charge is 0.383 e. The van der Waals surface area contributed by atoms with Crippen LogP contribution < -0.4 is 5.56 Å². The molecule has 1 aromatic heterocycles. The van der Waals surface area contributed by atoms with Crippen LogP contribution in [-0.4, -0.2) is 52.9 Å². The number of para-hydroxylation sites is 1. The summed E-state index contributed by atoms with van der Waals surface area (Å²) in [7, 11) is 1.62. The van der Waals surface area contributed by atoms with Gasteiger partial charge in [0.25, 0.3) is 5.56 Å². The van der Waals surface area contributed by atoms with E-state index in [4.69, 9.17) is 4.74 Å². The van der Waals surface area contributed by atoms with Crippen LogP contribution in [0.25, 0.3) is 10.9 Å². The van der Waals surface area contributed by atoms with Crippen LogP contribution in [0.2, 0.25) is 0 Å². The molecule has 1 aromatic carbocycles. The number of hydrogen-bond acceptors (Lipinski definition) is 5. The summed E-state index contributed by atoms with van der Waals surface area (Å²) in [6.45, 7) is 8.34. The lowest BCUT2D eigenvalue weighted by Crippen LogP contribution is -2.43. The van der Waals surface area contributed by atoms with Gasteiger partial charge in [0.1, 0.15) is 0 Å². The van der Waals surface area contributed by atoms with Crippen molar-refractivity contribution >= 4 is 28.6 Å². The lowest BCUT2D eigenvalue weighted by atomic mass is 9.92. The molecule has 0 spiro atoms. The monoisotopic (exact) mass is 403 g/mol. The number of fused-ring (bicyclic) bond motifs is 1. The third kappa shape index (κ3) is 4.58. The number of carbonyl (C=O) groups excluding carboxylic acids is 1. The highest BCUT2D eigenvalue weighted by Gasteiger charge is 2.26. The van der Waals surface area contributed by atoms with E-state index in [1.54, 1.807) is 17.7 Å². The maximum atomic E-state index is 13.1. The van der Waals surface area contributed by atoms with Gasteiger partial charge in [-0.25, -0.2) is 4.98 Å². The quantitative estimate of drug-likeness (QED) is 0.547. The molecule has 28 heavy (non-hydrogen) atoms.